The number of hydrogen-bond donors (Lipinski definition) is 1. The molecule has 1 atom stereocenters. The summed E-state index contributed by atoms with van der Waals surface area (Å²) < 4.78 is 0. The summed E-state index contributed by atoms with van der Waals surface area (Å²) in [5.74, 6) is 0.976. The van der Waals surface area contributed by atoms with Gasteiger partial charge < -0.3 is 5.32 Å². The first-order chi connectivity index (χ1) is 7.79. The first kappa shape index (κ1) is 12.4. The van der Waals surface area contributed by atoms with Crippen LogP contribution in [0.2, 0.25) is 0 Å². The maximum Gasteiger partial charge on any atom is 0.0195 e. The van der Waals surface area contributed by atoms with E-state index < -0.39 is 0 Å². The second kappa shape index (κ2) is 6.02. The molecule has 2 fully saturated rings. The highest BCUT2D eigenvalue weighted by Gasteiger charge is 2.31. The Balaban J connectivity index is 1.77. The lowest BCUT2D eigenvalue weighted by Gasteiger charge is -2.43. The Morgan fingerprint density at radius 3 is 2.62 bits per heavy atom. The van der Waals surface area contributed by atoms with E-state index in [-0.39, 0.29) is 0 Å². The van der Waals surface area contributed by atoms with Crippen molar-refractivity contribution in [1.29, 1.82) is 0 Å². The molecule has 94 valence electrons. The van der Waals surface area contributed by atoms with Gasteiger partial charge in [0.2, 0.25) is 0 Å². The predicted octanol–water partition coefficient (Wildman–Crippen LogP) is 2.64. The Bertz CT molecular complexity index is 191. The fourth-order valence-electron chi connectivity index (χ4n) is 3.23. The summed E-state index contributed by atoms with van der Waals surface area (Å²) in [5, 5.41) is 3.68. The van der Waals surface area contributed by atoms with Crippen LogP contribution in [-0.2, 0) is 0 Å². The van der Waals surface area contributed by atoms with E-state index in [2.05, 4.69) is 24.1 Å². The first-order valence-electron chi connectivity index (χ1n) is 7.27. The number of hydrogen-bond acceptors (Lipinski definition) is 2. The van der Waals surface area contributed by atoms with Crippen LogP contribution >= 0.6 is 0 Å². The number of nitrogens with one attached hydrogen (secondary N) is 1. The zero-order valence-electron chi connectivity index (χ0n) is 11.0. The highest BCUT2D eigenvalue weighted by Crippen LogP contribution is 2.31. The van der Waals surface area contributed by atoms with E-state index >= 15 is 0 Å². The van der Waals surface area contributed by atoms with Crippen molar-refractivity contribution in [3.63, 3.8) is 0 Å². The molecule has 1 N–H and O–H groups in total. The van der Waals surface area contributed by atoms with Crippen LogP contribution < -0.4 is 5.32 Å². The molecule has 1 aliphatic carbocycles. The van der Waals surface area contributed by atoms with Crippen LogP contribution in [0.15, 0.2) is 0 Å². The summed E-state index contributed by atoms with van der Waals surface area (Å²) in [7, 11) is 0. The fraction of sp³-hybridized carbons (Fsp3) is 1.00. The molecule has 0 aromatic heterocycles. The van der Waals surface area contributed by atoms with Gasteiger partial charge in [0, 0.05) is 18.6 Å². The summed E-state index contributed by atoms with van der Waals surface area (Å²) in [5.41, 5.74) is 0. The Kier molecular flexibility index (Phi) is 4.66. The molecule has 16 heavy (non-hydrogen) atoms. The molecule has 0 radical (unpaired) electrons. The van der Waals surface area contributed by atoms with Gasteiger partial charge in [-0.1, -0.05) is 20.3 Å². The minimum atomic E-state index is 0.774. The van der Waals surface area contributed by atoms with E-state index in [9.17, 15) is 0 Å². The molecular weight excluding hydrogens is 196 g/mol. The lowest BCUT2D eigenvalue weighted by Crippen LogP contribution is -2.51. The molecule has 0 spiro atoms. The third-order valence-corrected chi connectivity index (χ3v) is 4.24. The van der Waals surface area contributed by atoms with E-state index in [1.165, 1.54) is 58.2 Å². The summed E-state index contributed by atoms with van der Waals surface area (Å²) in [6, 6.07) is 1.68. The average molecular weight is 224 g/mol. The molecule has 1 saturated heterocycles. The quantitative estimate of drug-likeness (QED) is 0.772. The molecule has 0 aromatic carbocycles. The molecular formula is C14H28N2. The molecule has 0 aromatic rings. The van der Waals surface area contributed by atoms with Crippen molar-refractivity contribution in [2.45, 2.75) is 64.5 Å². The minimum absolute atomic E-state index is 0.774. The SMILES string of the molecule is CCCN(CC1CCCCN1)C1CC(C)C1. The lowest BCUT2D eigenvalue weighted by atomic mass is 9.80. The monoisotopic (exact) mass is 224 g/mol. The van der Waals surface area contributed by atoms with Gasteiger partial charge in [-0.3, -0.25) is 4.90 Å². The Hall–Kier alpha value is -0.0800. The normalized spacial score (nSPS) is 35.1. The van der Waals surface area contributed by atoms with Gasteiger partial charge in [-0.05, 0) is 51.1 Å². The summed E-state index contributed by atoms with van der Waals surface area (Å²) in [6.45, 7) is 8.54. The van der Waals surface area contributed by atoms with Gasteiger partial charge in [-0.15, -0.1) is 0 Å². The molecule has 2 aliphatic rings. The Morgan fingerprint density at radius 1 is 1.25 bits per heavy atom. The van der Waals surface area contributed by atoms with Gasteiger partial charge in [-0.25, -0.2) is 0 Å². The van der Waals surface area contributed by atoms with Gasteiger partial charge in [-0.2, -0.15) is 0 Å². The highest BCUT2D eigenvalue weighted by molar-refractivity contribution is 4.87. The van der Waals surface area contributed by atoms with Gasteiger partial charge in [0.25, 0.3) is 0 Å². The van der Waals surface area contributed by atoms with Gasteiger partial charge >= 0.3 is 0 Å². The van der Waals surface area contributed by atoms with E-state index in [1.54, 1.807) is 0 Å². The van der Waals surface area contributed by atoms with E-state index in [1.807, 2.05) is 0 Å². The van der Waals surface area contributed by atoms with Crippen LogP contribution in [0.3, 0.4) is 0 Å². The predicted molar refractivity (Wildman–Crippen MR) is 69.7 cm³/mol. The van der Waals surface area contributed by atoms with Crippen molar-refractivity contribution in [2.75, 3.05) is 19.6 Å². The molecule has 1 unspecified atom stereocenters. The molecule has 1 aliphatic heterocycles. The molecule has 2 heteroatoms. The molecule has 1 saturated carbocycles. The van der Waals surface area contributed by atoms with Crippen LogP contribution in [0.25, 0.3) is 0 Å². The second-order valence-corrected chi connectivity index (χ2v) is 5.87. The summed E-state index contributed by atoms with van der Waals surface area (Å²) in [4.78, 5) is 2.75. The summed E-state index contributed by atoms with van der Waals surface area (Å²) in [6.07, 6.45) is 8.38. The first-order valence-corrected chi connectivity index (χ1v) is 7.27. The van der Waals surface area contributed by atoms with Crippen molar-refractivity contribution in [3.05, 3.63) is 0 Å². The molecule has 2 rings (SSSR count). The van der Waals surface area contributed by atoms with Crippen LogP contribution in [-0.4, -0.2) is 36.6 Å². The van der Waals surface area contributed by atoms with Gasteiger partial charge in [0.15, 0.2) is 0 Å². The van der Waals surface area contributed by atoms with E-state index in [4.69, 9.17) is 0 Å². The number of piperidine rings is 1. The van der Waals surface area contributed by atoms with E-state index in [0.29, 0.717) is 0 Å². The average Bonchev–Trinajstić information content (AvgIpc) is 2.26. The smallest absolute Gasteiger partial charge is 0.0195 e. The van der Waals surface area contributed by atoms with Gasteiger partial charge in [0.1, 0.15) is 0 Å². The molecule has 1 heterocycles. The Morgan fingerprint density at radius 2 is 2.06 bits per heavy atom. The zero-order valence-corrected chi connectivity index (χ0v) is 11.0. The maximum atomic E-state index is 3.68. The van der Waals surface area contributed by atoms with Crippen LogP contribution in [0, 0.1) is 5.92 Å². The lowest BCUT2D eigenvalue weighted by molar-refractivity contribution is 0.0733. The van der Waals surface area contributed by atoms with Crippen molar-refractivity contribution >= 4 is 0 Å². The minimum Gasteiger partial charge on any atom is -0.313 e. The summed E-state index contributed by atoms with van der Waals surface area (Å²) >= 11 is 0. The fourth-order valence-corrected chi connectivity index (χ4v) is 3.23. The van der Waals surface area contributed by atoms with Crippen molar-refractivity contribution < 1.29 is 0 Å². The zero-order chi connectivity index (χ0) is 11.4. The Labute approximate surface area is 101 Å². The third-order valence-electron chi connectivity index (χ3n) is 4.24. The van der Waals surface area contributed by atoms with Crippen molar-refractivity contribution in [3.8, 4) is 0 Å². The largest absolute Gasteiger partial charge is 0.313 e. The second-order valence-electron chi connectivity index (χ2n) is 5.87. The molecule has 0 bridgehead atoms. The third kappa shape index (κ3) is 3.21. The van der Waals surface area contributed by atoms with Gasteiger partial charge in [0.05, 0.1) is 0 Å². The van der Waals surface area contributed by atoms with Crippen LogP contribution in [0.5, 0.6) is 0 Å². The van der Waals surface area contributed by atoms with Crippen molar-refractivity contribution in [1.82, 2.24) is 10.2 Å². The van der Waals surface area contributed by atoms with E-state index in [0.717, 1.165) is 18.0 Å². The molecule has 0 amide bonds. The topological polar surface area (TPSA) is 15.3 Å². The van der Waals surface area contributed by atoms with Crippen LogP contribution in [0.4, 0.5) is 0 Å². The number of rotatable bonds is 5. The maximum absolute atomic E-state index is 3.68. The van der Waals surface area contributed by atoms with Crippen molar-refractivity contribution in [2.24, 2.45) is 5.92 Å². The molecule has 2 nitrogen and oxygen atoms in total. The van der Waals surface area contributed by atoms with Crippen LogP contribution in [0.1, 0.15) is 52.4 Å². The highest BCUT2D eigenvalue weighted by atomic mass is 15.2. The number of nitrogens with zero attached hydrogens (tertiary/aromatic N) is 1. The standard InChI is InChI=1S/C14H28N2/c1-3-8-16(14-9-12(2)10-14)11-13-6-4-5-7-15-13/h12-15H,3-11H2,1-2H3.